The molecule has 1 aromatic rings. The summed E-state index contributed by atoms with van der Waals surface area (Å²) in [6, 6.07) is 6.40. The molecule has 1 aromatic carbocycles. The van der Waals surface area contributed by atoms with Gasteiger partial charge < -0.3 is 9.47 Å². The lowest BCUT2D eigenvalue weighted by molar-refractivity contribution is -0.124. The molecular formula is C17H15NO5. The summed E-state index contributed by atoms with van der Waals surface area (Å²) in [5.74, 6) is -1.91. The average Bonchev–Trinajstić information content (AvgIpc) is 3.22. The van der Waals surface area contributed by atoms with Crippen LogP contribution in [-0.2, 0) is 19.1 Å². The number of ether oxygens (including phenoxy) is 2. The predicted octanol–water partition coefficient (Wildman–Crippen LogP) is 1.31. The SMILES string of the molecule is CCOC(=O)c1cccc(N2C(=O)[C@@H]3[C@H](C2=O)[C@H]2C=C[C@@H]3O2)c1. The summed E-state index contributed by atoms with van der Waals surface area (Å²) in [6.07, 6.45) is 3.05. The van der Waals surface area contributed by atoms with E-state index in [-0.39, 0.29) is 30.6 Å². The monoisotopic (exact) mass is 313 g/mol. The molecule has 118 valence electrons. The van der Waals surface area contributed by atoms with E-state index in [4.69, 9.17) is 9.47 Å². The van der Waals surface area contributed by atoms with Crippen molar-refractivity contribution >= 4 is 23.5 Å². The number of fused-ring (bicyclic) bond motifs is 5. The second-order valence-corrected chi connectivity index (χ2v) is 5.78. The second kappa shape index (κ2) is 5.03. The fourth-order valence-corrected chi connectivity index (χ4v) is 3.54. The first-order valence-corrected chi connectivity index (χ1v) is 7.60. The van der Waals surface area contributed by atoms with Crippen molar-refractivity contribution in [2.45, 2.75) is 19.1 Å². The lowest BCUT2D eigenvalue weighted by Crippen LogP contribution is -2.34. The number of rotatable bonds is 3. The Kier molecular flexibility index (Phi) is 3.09. The Labute approximate surface area is 132 Å². The summed E-state index contributed by atoms with van der Waals surface area (Å²) in [7, 11) is 0. The van der Waals surface area contributed by atoms with Gasteiger partial charge in [0.2, 0.25) is 11.8 Å². The Balaban J connectivity index is 1.67. The quantitative estimate of drug-likeness (QED) is 0.478. The van der Waals surface area contributed by atoms with Crippen LogP contribution in [-0.4, -0.2) is 36.6 Å². The number of esters is 1. The predicted molar refractivity (Wildman–Crippen MR) is 79.7 cm³/mol. The van der Waals surface area contributed by atoms with E-state index in [1.54, 1.807) is 25.1 Å². The summed E-state index contributed by atoms with van der Waals surface area (Å²) < 4.78 is 10.6. The number of imide groups is 1. The standard InChI is InChI=1S/C17H15NO5/c1-2-22-17(21)9-4-3-5-10(8-9)18-15(19)13-11-6-7-12(23-11)14(13)16(18)20/h3-8,11-14H,2H2,1H3/t11-,12+,13-,14+. The van der Waals surface area contributed by atoms with Gasteiger partial charge in [-0.15, -0.1) is 0 Å². The molecule has 0 unspecified atom stereocenters. The molecule has 0 radical (unpaired) electrons. The van der Waals surface area contributed by atoms with Crippen molar-refractivity contribution in [3.8, 4) is 0 Å². The van der Waals surface area contributed by atoms with Gasteiger partial charge in [-0.1, -0.05) is 18.2 Å². The maximum atomic E-state index is 12.7. The first kappa shape index (κ1) is 14.1. The number of carbonyl (C=O) groups is 3. The van der Waals surface area contributed by atoms with Crippen LogP contribution in [0.3, 0.4) is 0 Å². The number of hydrogen-bond acceptors (Lipinski definition) is 5. The summed E-state index contributed by atoms with van der Waals surface area (Å²) in [6.45, 7) is 1.99. The van der Waals surface area contributed by atoms with E-state index in [9.17, 15) is 14.4 Å². The van der Waals surface area contributed by atoms with Crippen molar-refractivity contribution in [3.63, 3.8) is 0 Å². The minimum absolute atomic E-state index is 0.265. The zero-order valence-electron chi connectivity index (χ0n) is 12.5. The molecule has 2 saturated heterocycles. The van der Waals surface area contributed by atoms with Crippen molar-refractivity contribution < 1.29 is 23.9 Å². The van der Waals surface area contributed by atoms with E-state index in [2.05, 4.69) is 0 Å². The number of hydrogen-bond donors (Lipinski definition) is 0. The minimum atomic E-state index is -0.473. The van der Waals surface area contributed by atoms with Crippen LogP contribution in [0.2, 0.25) is 0 Å². The van der Waals surface area contributed by atoms with Gasteiger partial charge in [0, 0.05) is 0 Å². The lowest BCUT2D eigenvalue weighted by Gasteiger charge is -2.18. The van der Waals surface area contributed by atoms with Crippen LogP contribution < -0.4 is 4.90 Å². The highest BCUT2D eigenvalue weighted by atomic mass is 16.5. The molecule has 23 heavy (non-hydrogen) atoms. The Morgan fingerprint density at radius 3 is 2.43 bits per heavy atom. The number of benzene rings is 1. The summed E-state index contributed by atoms with van der Waals surface area (Å²) >= 11 is 0. The van der Waals surface area contributed by atoms with E-state index in [1.807, 2.05) is 12.2 Å². The molecule has 2 fully saturated rings. The van der Waals surface area contributed by atoms with Crippen molar-refractivity contribution in [2.24, 2.45) is 11.8 Å². The van der Waals surface area contributed by atoms with E-state index < -0.39 is 17.8 Å². The Bertz CT molecular complexity index is 710. The van der Waals surface area contributed by atoms with Crippen LogP contribution in [0.1, 0.15) is 17.3 Å². The van der Waals surface area contributed by atoms with E-state index in [1.165, 1.54) is 11.0 Å². The van der Waals surface area contributed by atoms with Gasteiger partial charge in [-0.3, -0.25) is 9.59 Å². The van der Waals surface area contributed by atoms with Crippen LogP contribution in [0.15, 0.2) is 36.4 Å². The maximum absolute atomic E-state index is 12.7. The molecule has 0 saturated carbocycles. The van der Waals surface area contributed by atoms with Crippen LogP contribution >= 0.6 is 0 Å². The zero-order chi connectivity index (χ0) is 16.1. The molecule has 6 nitrogen and oxygen atoms in total. The summed E-state index contributed by atoms with van der Waals surface area (Å²) in [4.78, 5) is 38.4. The molecule has 0 aromatic heterocycles. The molecule has 3 heterocycles. The summed E-state index contributed by atoms with van der Waals surface area (Å²) in [5.41, 5.74) is 0.721. The first-order chi connectivity index (χ1) is 11.1. The molecule has 2 amide bonds. The third-order valence-electron chi connectivity index (χ3n) is 4.53. The van der Waals surface area contributed by atoms with Crippen LogP contribution in [0.25, 0.3) is 0 Å². The Morgan fingerprint density at radius 1 is 1.17 bits per heavy atom. The zero-order valence-corrected chi connectivity index (χ0v) is 12.5. The second-order valence-electron chi connectivity index (χ2n) is 5.78. The van der Waals surface area contributed by atoms with Crippen molar-refractivity contribution in [1.29, 1.82) is 0 Å². The molecule has 4 atom stereocenters. The smallest absolute Gasteiger partial charge is 0.338 e. The van der Waals surface area contributed by atoms with Crippen molar-refractivity contribution in [1.82, 2.24) is 0 Å². The van der Waals surface area contributed by atoms with E-state index >= 15 is 0 Å². The molecule has 6 heteroatoms. The fraction of sp³-hybridized carbons (Fsp3) is 0.353. The molecule has 0 spiro atoms. The normalized spacial score (nSPS) is 30.9. The summed E-state index contributed by atoms with van der Waals surface area (Å²) in [5, 5.41) is 0. The highest BCUT2D eigenvalue weighted by Gasteiger charge is 2.61. The Hall–Kier alpha value is -2.47. The lowest BCUT2D eigenvalue weighted by atomic mass is 9.85. The van der Waals surface area contributed by atoms with Gasteiger partial charge in [-0.05, 0) is 25.1 Å². The first-order valence-electron chi connectivity index (χ1n) is 7.60. The minimum Gasteiger partial charge on any atom is -0.462 e. The largest absolute Gasteiger partial charge is 0.462 e. The highest BCUT2D eigenvalue weighted by Crippen LogP contribution is 2.46. The highest BCUT2D eigenvalue weighted by molar-refractivity contribution is 6.23. The van der Waals surface area contributed by atoms with Gasteiger partial charge >= 0.3 is 5.97 Å². The molecule has 3 aliphatic heterocycles. The van der Waals surface area contributed by atoms with Gasteiger partial charge in [-0.25, -0.2) is 9.69 Å². The van der Waals surface area contributed by atoms with Crippen molar-refractivity contribution in [3.05, 3.63) is 42.0 Å². The average molecular weight is 313 g/mol. The van der Waals surface area contributed by atoms with Gasteiger partial charge in [0.15, 0.2) is 0 Å². The Morgan fingerprint density at radius 2 is 1.83 bits per heavy atom. The number of nitrogens with zero attached hydrogens (tertiary/aromatic N) is 1. The number of anilines is 1. The number of amides is 2. The van der Waals surface area contributed by atoms with E-state index in [0.29, 0.717) is 11.3 Å². The molecule has 0 N–H and O–H groups in total. The van der Waals surface area contributed by atoms with Crippen LogP contribution in [0, 0.1) is 11.8 Å². The van der Waals surface area contributed by atoms with Gasteiger partial charge in [-0.2, -0.15) is 0 Å². The number of carbonyl (C=O) groups excluding carboxylic acids is 3. The third-order valence-corrected chi connectivity index (χ3v) is 4.53. The maximum Gasteiger partial charge on any atom is 0.338 e. The molecular weight excluding hydrogens is 298 g/mol. The topological polar surface area (TPSA) is 72.9 Å². The van der Waals surface area contributed by atoms with Crippen LogP contribution in [0.5, 0.6) is 0 Å². The van der Waals surface area contributed by atoms with Crippen LogP contribution in [0.4, 0.5) is 5.69 Å². The fourth-order valence-electron chi connectivity index (χ4n) is 3.54. The molecule has 2 bridgehead atoms. The third kappa shape index (κ3) is 1.95. The van der Waals surface area contributed by atoms with E-state index in [0.717, 1.165) is 0 Å². The van der Waals surface area contributed by atoms with Gasteiger partial charge in [0.1, 0.15) is 0 Å². The van der Waals surface area contributed by atoms with Gasteiger partial charge in [0.05, 0.1) is 41.9 Å². The molecule has 0 aliphatic carbocycles. The molecule has 4 rings (SSSR count). The van der Waals surface area contributed by atoms with Gasteiger partial charge in [0.25, 0.3) is 0 Å². The molecule has 3 aliphatic rings. The van der Waals surface area contributed by atoms with Crippen molar-refractivity contribution in [2.75, 3.05) is 11.5 Å².